The lowest BCUT2D eigenvalue weighted by Gasteiger charge is -2.38. The van der Waals surface area contributed by atoms with Crippen molar-refractivity contribution in [1.29, 1.82) is 0 Å². The summed E-state index contributed by atoms with van der Waals surface area (Å²) >= 11 is 8.50. The van der Waals surface area contributed by atoms with Gasteiger partial charge in [0.25, 0.3) is 5.91 Å². The Bertz CT molecular complexity index is 1640. The largest absolute Gasteiger partial charge is 0.507 e. The van der Waals surface area contributed by atoms with Gasteiger partial charge < -0.3 is 24.5 Å². The van der Waals surface area contributed by atoms with Crippen LogP contribution in [0, 0.1) is 5.41 Å². The summed E-state index contributed by atoms with van der Waals surface area (Å²) in [6.45, 7) is 4.21. The Morgan fingerprint density at radius 2 is 1.93 bits per heavy atom. The summed E-state index contributed by atoms with van der Waals surface area (Å²) in [5, 5.41) is 13.3. The first-order valence-corrected chi connectivity index (χ1v) is 16.4. The van der Waals surface area contributed by atoms with E-state index < -0.39 is 0 Å². The van der Waals surface area contributed by atoms with Crippen LogP contribution in [0.3, 0.4) is 0 Å². The van der Waals surface area contributed by atoms with E-state index >= 15 is 0 Å². The van der Waals surface area contributed by atoms with Crippen molar-refractivity contribution in [3.63, 3.8) is 0 Å². The third-order valence-electron chi connectivity index (χ3n) is 9.48. The van der Waals surface area contributed by atoms with E-state index in [-0.39, 0.29) is 17.6 Å². The number of aromatic nitrogens is 1. The molecule has 1 spiro atoms. The number of hydrogen-bond donors (Lipinski definition) is 2. The number of amides is 1. The number of aromatic amines is 1. The van der Waals surface area contributed by atoms with Crippen LogP contribution in [-0.2, 0) is 0 Å². The molecule has 4 heterocycles. The van der Waals surface area contributed by atoms with Crippen LogP contribution in [0.1, 0.15) is 41.2 Å². The zero-order valence-electron chi connectivity index (χ0n) is 23.8. The lowest BCUT2D eigenvalue weighted by molar-refractivity contribution is 0.0984. The number of fused-ring (bicyclic) bond motifs is 4. The monoisotopic (exact) mass is 605 g/mol. The summed E-state index contributed by atoms with van der Waals surface area (Å²) in [7, 11) is 1.64. The molecule has 3 aromatic carbocycles. The highest BCUT2D eigenvalue weighted by molar-refractivity contribution is 7.99. The Balaban J connectivity index is 1.09. The fraction of sp³-hybridized carbons (Fsp3) is 0.424. The van der Waals surface area contributed by atoms with E-state index in [9.17, 15) is 9.90 Å². The Morgan fingerprint density at radius 1 is 1.12 bits per heavy atom. The molecule has 3 aliphatic rings. The van der Waals surface area contributed by atoms with Crippen molar-refractivity contribution in [2.24, 2.45) is 5.41 Å². The summed E-state index contributed by atoms with van der Waals surface area (Å²) in [5.74, 6) is 4.30. The van der Waals surface area contributed by atoms with E-state index in [2.05, 4.69) is 21.6 Å². The number of carbonyl (C=O) groups excluding carboxylic acids is 1. The molecule has 0 radical (unpaired) electrons. The smallest absolute Gasteiger partial charge is 0.274 e. The molecule has 2 fully saturated rings. The van der Waals surface area contributed by atoms with Crippen LogP contribution in [0.2, 0.25) is 0 Å². The molecular formula is C33H36ClN3O4S. The van der Waals surface area contributed by atoms with E-state index in [1.807, 2.05) is 42.5 Å². The maximum Gasteiger partial charge on any atom is 0.274 e. The van der Waals surface area contributed by atoms with Gasteiger partial charge in [-0.25, -0.2) is 0 Å². The van der Waals surface area contributed by atoms with E-state index in [1.54, 1.807) is 18.1 Å². The number of carbonyl (C=O) groups is 1. The van der Waals surface area contributed by atoms with E-state index in [1.165, 1.54) is 30.8 Å². The fourth-order valence-corrected chi connectivity index (χ4v) is 8.84. The third kappa shape index (κ3) is 4.87. The predicted molar refractivity (Wildman–Crippen MR) is 171 cm³/mol. The first-order chi connectivity index (χ1) is 20.5. The summed E-state index contributed by atoms with van der Waals surface area (Å²) in [5.41, 5.74) is 3.55. The zero-order chi connectivity index (χ0) is 28.8. The Labute approximate surface area is 255 Å². The number of methoxy groups -OCH3 is 1. The third-order valence-corrected chi connectivity index (χ3v) is 11.2. The van der Waals surface area contributed by atoms with Gasteiger partial charge in [0.05, 0.1) is 12.8 Å². The second-order valence-corrected chi connectivity index (χ2v) is 13.3. The average Bonchev–Trinajstić information content (AvgIpc) is 3.74. The maximum atomic E-state index is 13.9. The molecule has 2 N–H and O–H groups in total. The highest BCUT2D eigenvalue weighted by atomic mass is 35.5. The van der Waals surface area contributed by atoms with Crippen LogP contribution in [-0.4, -0.2) is 78.2 Å². The minimum Gasteiger partial charge on any atom is -0.507 e. The standard InChI is InChI=1S/C33H36ClN3O4S/c1-40-29-16-25-21(15-30(29)41-12-11-36-9-6-33(7-10-36)8-13-42-20-33)14-26(35-25)32(39)37-19-22(18-34)31-24-5-3-2-4-23(24)28(38)17-27(31)37/h2-5,14-17,22,35,38H,6-13,18-20H2,1H3/t22-/m1/s1. The molecule has 1 atom stereocenters. The van der Waals surface area contributed by atoms with Crippen molar-refractivity contribution < 1.29 is 19.4 Å². The molecule has 2 saturated heterocycles. The summed E-state index contributed by atoms with van der Waals surface area (Å²) < 4.78 is 11.9. The summed E-state index contributed by atoms with van der Waals surface area (Å²) in [6, 6.07) is 15.1. The van der Waals surface area contributed by atoms with Gasteiger partial charge in [0, 0.05) is 53.3 Å². The molecule has 220 valence electrons. The quantitative estimate of drug-likeness (QED) is 0.231. The van der Waals surface area contributed by atoms with Crippen molar-refractivity contribution >= 4 is 56.6 Å². The van der Waals surface area contributed by atoms with Gasteiger partial charge in [0.15, 0.2) is 11.5 Å². The van der Waals surface area contributed by atoms with E-state index in [4.69, 9.17) is 21.1 Å². The Kier molecular flexibility index (Phi) is 7.41. The van der Waals surface area contributed by atoms with Gasteiger partial charge in [-0.05, 0) is 72.4 Å². The van der Waals surface area contributed by atoms with Gasteiger partial charge >= 0.3 is 0 Å². The molecule has 9 heteroatoms. The number of halogens is 1. The van der Waals surface area contributed by atoms with Crippen molar-refractivity contribution in [3.8, 4) is 17.2 Å². The SMILES string of the molecule is COc1cc2[nH]c(C(=O)N3C[C@@H](CCl)c4c3cc(O)c3ccccc43)cc2cc1OCCN1CCC2(CCSC2)CC1. The highest BCUT2D eigenvalue weighted by Gasteiger charge is 2.38. The number of aromatic hydroxyl groups is 1. The number of benzene rings is 3. The summed E-state index contributed by atoms with van der Waals surface area (Å²) in [6.07, 6.45) is 3.95. The maximum absolute atomic E-state index is 13.9. The minimum absolute atomic E-state index is 0.0249. The first-order valence-electron chi connectivity index (χ1n) is 14.7. The van der Waals surface area contributed by atoms with Crippen LogP contribution in [0.5, 0.6) is 17.2 Å². The fourth-order valence-electron chi connectivity index (χ4n) is 7.00. The van der Waals surface area contributed by atoms with Gasteiger partial charge in [-0.2, -0.15) is 11.8 Å². The first kappa shape index (κ1) is 27.7. The van der Waals surface area contributed by atoms with Crippen LogP contribution < -0.4 is 14.4 Å². The Morgan fingerprint density at radius 3 is 2.67 bits per heavy atom. The molecule has 4 aromatic rings. The summed E-state index contributed by atoms with van der Waals surface area (Å²) in [4.78, 5) is 21.4. The number of ether oxygens (including phenoxy) is 2. The number of hydrogen-bond acceptors (Lipinski definition) is 6. The second-order valence-electron chi connectivity index (χ2n) is 11.9. The lowest BCUT2D eigenvalue weighted by atomic mass is 9.78. The van der Waals surface area contributed by atoms with Gasteiger partial charge in [-0.1, -0.05) is 24.3 Å². The topological polar surface area (TPSA) is 78.0 Å². The zero-order valence-corrected chi connectivity index (χ0v) is 25.4. The molecule has 3 aliphatic heterocycles. The average molecular weight is 606 g/mol. The molecule has 42 heavy (non-hydrogen) atoms. The van der Waals surface area contributed by atoms with Crippen LogP contribution in [0.4, 0.5) is 5.69 Å². The van der Waals surface area contributed by atoms with Gasteiger partial charge in [0.1, 0.15) is 18.1 Å². The van der Waals surface area contributed by atoms with E-state index in [0.29, 0.717) is 47.3 Å². The molecule has 0 bridgehead atoms. The van der Waals surface area contributed by atoms with Crippen LogP contribution in [0.15, 0.2) is 48.5 Å². The van der Waals surface area contributed by atoms with Gasteiger partial charge in [-0.15, -0.1) is 11.6 Å². The number of phenols is 1. The second kappa shape index (κ2) is 11.2. The molecular weight excluding hydrogens is 570 g/mol. The number of H-pyrrole nitrogens is 1. The number of phenolic OH excluding ortho intramolecular Hbond substituents is 1. The number of nitrogens with one attached hydrogen (secondary N) is 1. The van der Waals surface area contributed by atoms with Crippen LogP contribution >= 0.6 is 23.4 Å². The predicted octanol–water partition coefficient (Wildman–Crippen LogP) is 6.62. The molecule has 0 saturated carbocycles. The molecule has 1 aromatic heterocycles. The van der Waals surface area contributed by atoms with Gasteiger partial charge in [-0.3, -0.25) is 9.69 Å². The number of likely N-dealkylation sites (tertiary alicyclic amines) is 1. The molecule has 0 unspecified atom stereocenters. The molecule has 7 rings (SSSR count). The number of nitrogens with zero attached hydrogens (tertiary/aromatic N) is 2. The number of anilines is 1. The highest BCUT2D eigenvalue weighted by Crippen LogP contribution is 2.46. The van der Waals surface area contributed by atoms with E-state index in [0.717, 1.165) is 46.9 Å². The molecule has 0 aliphatic carbocycles. The minimum atomic E-state index is -0.167. The van der Waals surface area contributed by atoms with Gasteiger partial charge in [0.2, 0.25) is 0 Å². The molecule has 1 amide bonds. The number of rotatable bonds is 7. The Hall–Kier alpha value is -3.07. The van der Waals surface area contributed by atoms with Crippen molar-refractivity contribution in [3.05, 3.63) is 59.8 Å². The van der Waals surface area contributed by atoms with Crippen molar-refractivity contribution in [2.75, 3.05) is 62.2 Å². The normalized spacial score (nSPS) is 20.0. The van der Waals surface area contributed by atoms with Crippen molar-refractivity contribution in [2.45, 2.75) is 25.2 Å². The molecule has 7 nitrogen and oxygen atoms in total. The number of piperidine rings is 1. The number of thioether (sulfide) groups is 1. The van der Waals surface area contributed by atoms with Crippen molar-refractivity contribution in [1.82, 2.24) is 9.88 Å². The van der Waals surface area contributed by atoms with Crippen LogP contribution in [0.25, 0.3) is 21.7 Å². The number of alkyl halides is 1. The lowest BCUT2D eigenvalue weighted by Crippen LogP contribution is -2.41.